The van der Waals surface area contributed by atoms with Crippen molar-refractivity contribution < 1.29 is 9.47 Å². The summed E-state index contributed by atoms with van der Waals surface area (Å²) < 4.78 is 11.5. The van der Waals surface area contributed by atoms with Crippen LogP contribution in [0.2, 0.25) is 0 Å². The number of hydrogen-bond acceptors (Lipinski definition) is 3. The van der Waals surface area contributed by atoms with Crippen molar-refractivity contribution in [1.29, 1.82) is 0 Å². The van der Waals surface area contributed by atoms with E-state index in [-0.39, 0.29) is 11.2 Å². The first-order valence-corrected chi connectivity index (χ1v) is 8.72. The Labute approximate surface area is 142 Å². The minimum Gasteiger partial charge on any atom is -0.376 e. The lowest BCUT2D eigenvalue weighted by atomic mass is 10.1. The normalized spacial score (nSPS) is 12.6. The molecule has 1 rings (SSSR count). The first kappa shape index (κ1) is 20.1. The molecule has 1 N–H and O–H groups in total. The van der Waals surface area contributed by atoms with Crippen LogP contribution < -0.4 is 5.32 Å². The molecule has 0 heterocycles. The average molecular weight is 322 g/mol. The highest BCUT2D eigenvalue weighted by Crippen LogP contribution is 2.12. The van der Waals surface area contributed by atoms with Crippen molar-refractivity contribution in [3.63, 3.8) is 0 Å². The summed E-state index contributed by atoms with van der Waals surface area (Å²) in [6, 6.07) is 8.66. The zero-order valence-corrected chi connectivity index (χ0v) is 15.9. The molecule has 3 nitrogen and oxygen atoms in total. The molecule has 0 aromatic heterocycles. The first-order chi connectivity index (χ1) is 10.7. The lowest BCUT2D eigenvalue weighted by molar-refractivity contribution is -0.0149. The summed E-state index contributed by atoms with van der Waals surface area (Å²) in [6.07, 6.45) is 2.25. The first-order valence-electron chi connectivity index (χ1n) is 8.72. The average Bonchev–Trinajstić information content (AvgIpc) is 2.43. The highest BCUT2D eigenvalue weighted by molar-refractivity contribution is 5.21. The Morgan fingerprint density at radius 3 is 1.91 bits per heavy atom. The van der Waals surface area contributed by atoms with Crippen LogP contribution in [0.1, 0.15) is 65.5 Å². The monoisotopic (exact) mass is 321 g/mol. The van der Waals surface area contributed by atoms with Crippen molar-refractivity contribution in [2.75, 3.05) is 13.2 Å². The molecule has 0 aliphatic rings. The molecule has 0 aliphatic carbocycles. The Bertz CT molecular complexity index is 426. The maximum atomic E-state index is 5.79. The van der Waals surface area contributed by atoms with E-state index in [0.717, 1.165) is 32.5 Å². The van der Waals surface area contributed by atoms with Gasteiger partial charge >= 0.3 is 0 Å². The van der Waals surface area contributed by atoms with Crippen LogP contribution >= 0.6 is 0 Å². The van der Waals surface area contributed by atoms with Crippen LogP contribution in [0.5, 0.6) is 0 Å². The van der Waals surface area contributed by atoms with Gasteiger partial charge in [0.2, 0.25) is 0 Å². The smallest absolute Gasteiger partial charge is 0.0724 e. The van der Waals surface area contributed by atoms with Gasteiger partial charge in [-0.05, 0) is 72.1 Å². The molecule has 0 unspecified atom stereocenters. The van der Waals surface area contributed by atoms with E-state index >= 15 is 0 Å². The maximum absolute atomic E-state index is 5.79. The molecule has 1 aromatic rings. The van der Waals surface area contributed by atoms with Gasteiger partial charge in [-0.3, -0.25) is 0 Å². The fourth-order valence-electron chi connectivity index (χ4n) is 2.02. The van der Waals surface area contributed by atoms with E-state index in [9.17, 15) is 0 Å². The predicted molar refractivity (Wildman–Crippen MR) is 97.6 cm³/mol. The molecule has 0 aliphatic heterocycles. The van der Waals surface area contributed by atoms with E-state index in [2.05, 4.69) is 71.1 Å². The summed E-state index contributed by atoms with van der Waals surface area (Å²) in [6.45, 7) is 16.0. The lowest BCUT2D eigenvalue weighted by Crippen LogP contribution is -2.20. The Morgan fingerprint density at radius 1 is 0.783 bits per heavy atom. The molecule has 0 fully saturated rings. The van der Waals surface area contributed by atoms with Gasteiger partial charge in [-0.2, -0.15) is 0 Å². The van der Waals surface area contributed by atoms with E-state index in [0.29, 0.717) is 6.61 Å². The van der Waals surface area contributed by atoms with Crippen LogP contribution in [-0.4, -0.2) is 24.4 Å². The van der Waals surface area contributed by atoms with Crippen LogP contribution in [0.4, 0.5) is 0 Å². The van der Waals surface area contributed by atoms with Gasteiger partial charge < -0.3 is 14.8 Å². The molecule has 0 bridgehead atoms. The molecular formula is C20H35NO2. The quantitative estimate of drug-likeness (QED) is 0.670. The van der Waals surface area contributed by atoms with E-state index in [1.165, 1.54) is 11.1 Å². The van der Waals surface area contributed by atoms with Gasteiger partial charge in [-0.25, -0.2) is 0 Å². The lowest BCUT2D eigenvalue weighted by Gasteiger charge is -2.19. The third kappa shape index (κ3) is 11.3. The van der Waals surface area contributed by atoms with Gasteiger partial charge in [-0.1, -0.05) is 24.3 Å². The second-order valence-electron chi connectivity index (χ2n) is 8.06. The van der Waals surface area contributed by atoms with Gasteiger partial charge in [0, 0.05) is 13.2 Å². The minimum atomic E-state index is -0.0864. The van der Waals surface area contributed by atoms with Crippen LogP contribution in [0.3, 0.4) is 0 Å². The van der Waals surface area contributed by atoms with E-state index in [1.54, 1.807) is 0 Å². The number of nitrogens with one attached hydrogen (secondary N) is 1. The zero-order chi connectivity index (χ0) is 17.3. The van der Waals surface area contributed by atoms with Gasteiger partial charge in [0.1, 0.15) is 0 Å². The van der Waals surface area contributed by atoms with Crippen LogP contribution in [-0.2, 0) is 22.6 Å². The third-order valence-electron chi connectivity index (χ3n) is 3.31. The number of hydrogen-bond donors (Lipinski definition) is 1. The molecule has 23 heavy (non-hydrogen) atoms. The molecule has 0 saturated carbocycles. The molecule has 0 saturated heterocycles. The van der Waals surface area contributed by atoms with E-state index < -0.39 is 0 Å². The summed E-state index contributed by atoms with van der Waals surface area (Å²) in [5.41, 5.74) is 2.43. The summed E-state index contributed by atoms with van der Waals surface area (Å²) >= 11 is 0. The second kappa shape index (κ2) is 9.41. The summed E-state index contributed by atoms with van der Waals surface area (Å²) in [7, 11) is 0. The number of ether oxygens (including phenoxy) is 2. The van der Waals surface area contributed by atoms with Crippen molar-refractivity contribution in [2.45, 2.75) is 78.7 Å². The molecule has 1 aromatic carbocycles. The number of rotatable bonds is 9. The van der Waals surface area contributed by atoms with Crippen LogP contribution in [0, 0.1) is 0 Å². The number of benzene rings is 1. The van der Waals surface area contributed by atoms with Crippen molar-refractivity contribution >= 4 is 0 Å². The third-order valence-corrected chi connectivity index (χ3v) is 3.31. The van der Waals surface area contributed by atoms with Gasteiger partial charge in [0.25, 0.3) is 0 Å². The van der Waals surface area contributed by atoms with Gasteiger partial charge in [0.15, 0.2) is 0 Å². The number of unbranched alkanes of at least 4 members (excludes halogenated alkanes) is 1. The molecule has 0 atom stereocenters. The second-order valence-corrected chi connectivity index (χ2v) is 8.06. The Balaban J connectivity index is 2.14. The highest BCUT2D eigenvalue weighted by atomic mass is 16.5. The molecule has 0 spiro atoms. The predicted octanol–water partition coefficient (Wildman–Crippen LogP) is 4.69. The van der Waals surface area contributed by atoms with Crippen molar-refractivity contribution in [3.8, 4) is 0 Å². The molecule has 0 amide bonds. The molecule has 132 valence electrons. The van der Waals surface area contributed by atoms with Crippen LogP contribution in [0.15, 0.2) is 24.3 Å². The van der Waals surface area contributed by atoms with Gasteiger partial charge in [-0.15, -0.1) is 0 Å². The van der Waals surface area contributed by atoms with Gasteiger partial charge in [0.05, 0.1) is 17.8 Å². The summed E-state index contributed by atoms with van der Waals surface area (Å²) in [5.74, 6) is 0. The molecular weight excluding hydrogens is 286 g/mol. The fraction of sp³-hybridized carbons (Fsp3) is 0.700. The summed E-state index contributed by atoms with van der Waals surface area (Å²) in [5, 5.41) is 3.49. The topological polar surface area (TPSA) is 30.5 Å². The minimum absolute atomic E-state index is 0.0219. The zero-order valence-electron chi connectivity index (χ0n) is 15.9. The summed E-state index contributed by atoms with van der Waals surface area (Å²) in [4.78, 5) is 0. The van der Waals surface area contributed by atoms with E-state index in [1.807, 2.05) is 0 Å². The SMILES string of the molecule is CC(C)(C)OCCCCNCc1ccc(COC(C)(C)C)cc1. The largest absolute Gasteiger partial charge is 0.376 e. The Kier molecular flexibility index (Phi) is 8.24. The molecule has 3 heteroatoms. The van der Waals surface area contributed by atoms with Crippen LogP contribution in [0.25, 0.3) is 0 Å². The Hall–Kier alpha value is -0.900. The Morgan fingerprint density at radius 2 is 1.35 bits per heavy atom. The van der Waals surface area contributed by atoms with Crippen molar-refractivity contribution in [1.82, 2.24) is 5.32 Å². The molecule has 0 radical (unpaired) electrons. The van der Waals surface area contributed by atoms with Crippen molar-refractivity contribution in [2.24, 2.45) is 0 Å². The standard InChI is InChI=1S/C20H35NO2/c1-19(2,3)22-14-8-7-13-21-15-17-9-11-18(12-10-17)16-23-20(4,5)6/h9-12,21H,7-8,13-16H2,1-6H3. The fourth-order valence-corrected chi connectivity index (χ4v) is 2.02. The van der Waals surface area contributed by atoms with Crippen molar-refractivity contribution in [3.05, 3.63) is 35.4 Å². The maximum Gasteiger partial charge on any atom is 0.0724 e. The highest BCUT2D eigenvalue weighted by Gasteiger charge is 2.10. The van der Waals surface area contributed by atoms with E-state index in [4.69, 9.17) is 9.47 Å².